The van der Waals surface area contributed by atoms with Crippen molar-refractivity contribution >= 4 is 27.3 Å². The first-order valence-electron chi connectivity index (χ1n) is 11.4. The van der Waals surface area contributed by atoms with Crippen molar-refractivity contribution in [2.45, 2.75) is 17.9 Å². The number of aromatic nitrogens is 1. The first-order valence-corrected chi connectivity index (χ1v) is 12.8. The van der Waals surface area contributed by atoms with Crippen LogP contribution in [0.3, 0.4) is 0 Å². The van der Waals surface area contributed by atoms with Gasteiger partial charge in [0.1, 0.15) is 18.1 Å². The van der Waals surface area contributed by atoms with Gasteiger partial charge in [0.15, 0.2) is 6.61 Å². The molecular weight excluding hydrogens is 500 g/mol. The monoisotopic (exact) mass is 530 g/mol. The summed E-state index contributed by atoms with van der Waals surface area (Å²) in [6.07, 6.45) is 2.01. The van der Waals surface area contributed by atoms with E-state index in [1.54, 1.807) is 37.5 Å². The first-order chi connectivity index (χ1) is 17.7. The highest BCUT2D eigenvalue weighted by Gasteiger charge is 2.28. The van der Waals surface area contributed by atoms with Gasteiger partial charge in [0.25, 0.3) is 15.9 Å². The van der Waals surface area contributed by atoms with Crippen molar-refractivity contribution in [2.24, 2.45) is 5.73 Å². The average Bonchev–Trinajstić information content (AvgIpc) is 2.88. The van der Waals surface area contributed by atoms with Gasteiger partial charge in [-0.25, -0.2) is 8.42 Å². The lowest BCUT2D eigenvalue weighted by molar-refractivity contribution is -0.119. The van der Waals surface area contributed by atoms with E-state index in [9.17, 15) is 23.4 Å². The Morgan fingerprint density at radius 3 is 2.57 bits per heavy atom. The van der Waals surface area contributed by atoms with Crippen LogP contribution in [0.4, 0.5) is 11.4 Å². The van der Waals surface area contributed by atoms with Crippen LogP contribution in [0, 0.1) is 6.92 Å². The molecular formula is C25H30N4O7S. The minimum absolute atomic E-state index is 0.134. The molecule has 3 aromatic rings. The number of carbonyl (C=O) groups excluding carboxylic acids is 1. The SMILES string of the molecule is Cc1cc(OCCNc2ccncc2)cc(N(CC(O)CO)S(=O)(=O)c2cccc(OCC(N)=O)c2)c1. The fraction of sp³-hybridized carbons (Fsp3) is 0.280. The molecule has 11 nitrogen and oxygen atoms in total. The summed E-state index contributed by atoms with van der Waals surface area (Å²) in [4.78, 5) is 14.9. The van der Waals surface area contributed by atoms with Gasteiger partial charge in [0.05, 0.1) is 29.8 Å². The van der Waals surface area contributed by atoms with Crippen LogP contribution >= 0.6 is 0 Å². The van der Waals surface area contributed by atoms with Crippen LogP contribution in [0.15, 0.2) is 71.9 Å². The summed E-state index contributed by atoms with van der Waals surface area (Å²) >= 11 is 0. The number of benzene rings is 2. The summed E-state index contributed by atoms with van der Waals surface area (Å²) in [6, 6.07) is 14.2. The summed E-state index contributed by atoms with van der Waals surface area (Å²) in [7, 11) is -4.22. The molecule has 0 aliphatic carbocycles. The van der Waals surface area contributed by atoms with E-state index in [4.69, 9.17) is 15.2 Å². The Morgan fingerprint density at radius 2 is 1.86 bits per heavy atom. The minimum Gasteiger partial charge on any atom is -0.492 e. The van der Waals surface area contributed by atoms with Crippen LogP contribution in [-0.4, -0.2) is 68.5 Å². The summed E-state index contributed by atoms with van der Waals surface area (Å²) < 4.78 is 39.4. The number of hydrogen-bond donors (Lipinski definition) is 4. The standard InChI is InChI=1S/C25H30N4O7S/c1-18-11-20(13-23(12-18)35-10-9-28-19-5-7-27-8-6-19)29(15-21(31)16-30)37(33,34)24-4-2-3-22(14-24)36-17-25(26)32/h2-8,11-14,21,30-31H,9-10,15-17H2,1H3,(H2,26,32)(H,27,28). The molecule has 0 bridgehead atoms. The molecule has 0 saturated heterocycles. The van der Waals surface area contributed by atoms with E-state index >= 15 is 0 Å². The zero-order valence-corrected chi connectivity index (χ0v) is 21.1. The Kier molecular flexibility index (Phi) is 9.66. The molecule has 1 atom stereocenters. The average molecular weight is 531 g/mol. The third kappa shape index (κ3) is 8.07. The first kappa shape index (κ1) is 27.7. The Hall–Kier alpha value is -3.87. The van der Waals surface area contributed by atoms with Gasteiger partial charge in [-0.2, -0.15) is 0 Å². The number of amides is 1. The van der Waals surface area contributed by atoms with Gasteiger partial charge in [0, 0.05) is 36.8 Å². The molecule has 37 heavy (non-hydrogen) atoms. The van der Waals surface area contributed by atoms with Crippen LogP contribution < -0.4 is 24.8 Å². The predicted octanol–water partition coefficient (Wildman–Crippen LogP) is 1.29. The zero-order chi connectivity index (χ0) is 26.8. The molecule has 198 valence electrons. The molecule has 1 aromatic heterocycles. The highest BCUT2D eigenvalue weighted by atomic mass is 32.2. The number of aliphatic hydroxyl groups excluding tert-OH is 2. The van der Waals surface area contributed by atoms with Gasteiger partial charge in [-0.15, -0.1) is 0 Å². The van der Waals surface area contributed by atoms with Gasteiger partial charge in [-0.05, 0) is 48.9 Å². The maximum atomic E-state index is 13.6. The number of anilines is 2. The third-order valence-electron chi connectivity index (χ3n) is 5.07. The van der Waals surface area contributed by atoms with E-state index in [1.165, 1.54) is 24.3 Å². The summed E-state index contributed by atoms with van der Waals surface area (Å²) in [6.45, 7) is 1.14. The normalized spacial score (nSPS) is 12.0. The number of nitrogens with one attached hydrogen (secondary N) is 1. The fourth-order valence-corrected chi connectivity index (χ4v) is 4.91. The molecule has 0 aliphatic rings. The van der Waals surface area contributed by atoms with Crippen molar-refractivity contribution < 1.29 is 32.9 Å². The summed E-state index contributed by atoms with van der Waals surface area (Å²) in [5.74, 6) is -0.134. The number of aryl methyl sites for hydroxylation is 1. The number of carbonyl (C=O) groups is 1. The minimum atomic E-state index is -4.22. The molecule has 0 saturated carbocycles. The molecule has 0 radical (unpaired) electrons. The van der Waals surface area contributed by atoms with Crippen molar-refractivity contribution in [1.82, 2.24) is 4.98 Å². The number of ether oxygens (including phenoxy) is 2. The van der Waals surface area contributed by atoms with Crippen LogP contribution in [0.25, 0.3) is 0 Å². The van der Waals surface area contributed by atoms with Crippen LogP contribution in [0.1, 0.15) is 5.56 Å². The number of primary amides is 1. The Morgan fingerprint density at radius 1 is 1.11 bits per heavy atom. The van der Waals surface area contributed by atoms with Crippen LogP contribution in [0.5, 0.6) is 11.5 Å². The van der Waals surface area contributed by atoms with E-state index in [0.717, 1.165) is 15.6 Å². The lowest BCUT2D eigenvalue weighted by Crippen LogP contribution is -2.39. The van der Waals surface area contributed by atoms with Crippen molar-refractivity contribution in [2.75, 3.05) is 42.5 Å². The lowest BCUT2D eigenvalue weighted by atomic mass is 10.2. The van der Waals surface area contributed by atoms with Crippen molar-refractivity contribution in [3.05, 3.63) is 72.6 Å². The van der Waals surface area contributed by atoms with Crippen molar-refractivity contribution in [1.29, 1.82) is 0 Å². The summed E-state index contributed by atoms with van der Waals surface area (Å²) in [5, 5.41) is 22.7. The number of pyridine rings is 1. The molecule has 12 heteroatoms. The Bertz CT molecular complexity index is 1290. The molecule has 1 amide bonds. The second-order valence-corrected chi connectivity index (χ2v) is 9.98. The number of hydrogen-bond acceptors (Lipinski definition) is 9. The van der Waals surface area contributed by atoms with Gasteiger partial charge < -0.3 is 30.7 Å². The van der Waals surface area contributed by atoms with Crippen molar-refractivity contribution in [3.8, 4) is 11.5 Å². The number of nitrogens with zero attached hydrogens (tertiary/aromatic N) is 2. The van der Waals surface area contributed by atoms with E-state index in [2.05, 4.69) is 10.3 Å². The zero-order valence-electron chi connectivity index (χ0n) is 20.3. The van der Waals surface area contributed by atoms with Crippen LogP contribution in [0.2, 0.25) is 0 Å². The number of nitrogens with two attached hydrogens (primary N) is 1. The largest absolute Gasteiger partial charge is 0.492 e. The second-order valence-electron chi connectivity index (χ2n) is 8.12. The molecule has 1 unspecified atom stereocenters. The maximum Gasteiger partial charge on any atom is 0.264 e. The molecule has 2 aromatic carbocycles. The molecule has 0 aliphatic heterocycles. The van der Waals surface area contributed by atoms with E-state index in [-0.39, 0.29) is 16.3 Å². The third-order valence-corrected chi connectivity index (χ3v) is 6.86. The highest BCUT2D eigenvalue weighted by Crippen LogP contribution is 2.30. The highest BCUT2D eigenvalue weighted by molar-refractivity contribution is 7.92. The van der Waals surface area contributed by atoms with Gasteiger partial charge in [-0.3, -0.25) is 14.1 Å². The van der Waals surface area contributed by atoms with Gasteiger partial charge >= 0.3 is 0 Å². The Labute approximate surface area is 215 Å². The Balaban J connectivity index is 1.85. The van der Waals surface area contributed by atoms with E-state index in [0.29, 0.717) is 18.9 Å². The topological polar surface area (TPSA) is 164 Å². The predicted molar refractivity (Wildman–Crippen MR) is 138 cm³/mol. The number of sulfonamides is 1. The fourth-order valence-electron chi connectivity index (χ4n) is 3.39. The second kappa shape index (κ2) is 12.9. The smallest absolute Gasteiger partial charge is 0.264 e. The number of rotatable bonds is 14. The molecule has 5 N–H and O–H groups in total. The molecule has 0 spiro atoms. The van der Waals surface area contributed by atoms with Gasteiger partial charge in [-0.1, -0.05) is 6.07 Å². The van der Waals surface area contributed by atoms with E-state index in [1.807, 2.05) is 12.1 Å². The molecule has 1 heterocycles. The molecule has 0 fully saturated rings. The van der Waals surface area contributed by atoms with Gasteiger partial charge in [0.2, 0.25) is 0 Å². The molecule has 3 rings (SSSR count). The maximum absolute atomic E-state index is 13.6. The lowest BCUT2D eigenvalue weighted by Gasteiger charge is -2.27. The van der Waals surface area contributed by atoms with Crippen LogP contribution in [-0.2, 0) is 14.8 Å². The van der Waals surface area contributed by atoms with Crippen molar-refractivity contribution in [3.63, 3.8) is 0 Å². The number of aliphatic hydroxyl groups is 2. The quantitative estimate of drug-likeness (QED) is 0.225. The van der Waals surface area contributed by atoms with E-state index < -0.39 is 41.8 Å². The summed E-state index contributed by atoms with van der Waals surface area (Å²) in [5.41, 5.74) is 6.96.